The third-order valence-electron chi connectivity index (χ3n) is 3.53. The zero-order valence-electron chi connectivity index (χ0n) is 13.1. The van der Waals surface area contributed by atoms with E-state index in [4.69, 9.17) is 11.6 Å². The standard InChI is InChI=1S/C18H16ClN3OS/c1-22(11-13-5-7-14(19)8-6-13)17(23)10-15-12-24-18(21-15)16-4-2-3-9-20-16/h2-9,12H,10-11H2,1H3. The average molecular weight is 358 g/mol. The first kappa shape index (κ1) is 16.6. The van der Waals surface area contributed by atoms with E-state index < -0.39 is 0 Å². The van der Waals surface area contributed by atoms with Gasteiger partial charge in [0, 0.05) is 30.2 Å². The summed E-state index contributed by atoms with van der Waals surface area (Å²) in [7, 11) is 1.79. The molecule has 0 radical (unpaired) electrons. The van der Waals surface area contributed by atoms with Crippen LogP contribution in [0.2, 0.25) is 5.02 Å². The number of benzene rings is 1. The van der Waals surface area contributed by atoms with E-state index in [0.717, 1.165) is 22.0 Å². The Balaban J connectivity index is 1.62. The lowest BCUT2D eigenvalue weighted by molar-refractivity contribution is -0.129. The minimum absolute atomic E-state index is 0.0304. The molecule has 0 N–H and O–H groups in total. The van der Waals surface area contributed by atoms with Crippen LogP contribution in [0.15, 0.2) is 54.0 Å². The number of nitrogens with zero attached hydrogens (tertiary/aromatic N) is 3. The molecule has 0 aliphatic heterocycles. The Kier molecular flexibility index (Phi) is 5.23. The number of thiazole rings is 1. The van der Waals surface area contributed by atoms with Gasteiger partial charge in [-0.25, -0.2) is 4.98 Å². The van der Waals surface area contributed by atoms with E-state index in [9.17, 15) is 4.79 Å². The number of aromatic nitrogens is 2. The molecule has 0 saturated carbocycles. The second-order valence-electron chi connectivity index (χ2n) is 5.41. The number of hydrogen-bond donors (Lipinski definition) is 0. The first-order valence-corrected chi connectivity index (χ1v) is 8.72. The molecule has 1 amide bonds. The van der Waals surface area contributed by atoms with Crippen LogP contribution < -0.4 is 0 Å². The minimum atomic E-state index is 0.0304. The fourth-order valence-corrected chi connectivity index (χ4v) is 3.16. The summed E-state index contributed by atoms with van der Waals surface area (Å²) in [6, 6.07) is 13.2. The van der Waals surface area contributed by atoms with Crippen molar-refractivity contribution in [3.8, 4) is 10.7 Å². The van der Waals surface area contributed by atoms with Crippen LogP contribution in [0, 0.1) is 0 Å². The smallest absolute Gasteiger partial charge is 0.228 e. The van der Waals surface area contributed by atoms with Crippen LogP contribution >= 0.6 is 22.9 Å². The summed E-state index contributed by atoms with van der Waals surface area (Å²) in [5, 5.41) is 3.44. The molecule has 0 spiro atoms. The number of hydrogen-bond acceptors (Lipinski definition) is 4. The highest BCUT2D eigenvalue weighted by molar-refractivity contribution is 7.13. The van der Waals surface area contributed by atoms with Gasteiger partial charge in [0.2, 0.25) is 5.91 Å². The number of carbonyl (C=O) groups excluding carboxylic acids is 1. The van der Waals surface area contributed by atoms with Crippen molar-refractivity contribution in [2.75, 3.05) is 7.05 Å². The SMILES string of the molecule is CN(Cc1ccc(Cl)cc1)C(=O)Cc1csc(-c2ccccn2)n1. The van der Waals surface area contributed by atoms with Gasteiger partial charge in [-0.05, 0) is 29.8 Å². The molecular weight excluding hydrogens is 342 g/mol. The highest BCUT2D eigenvalue weighted by Crippen LogP contribution is 2.22. The molecule has 1 aromatic carbocycles. The van der Waals surface area contributed by atoms with Gasteiger partial charge in [-0.1, -0.05) is 29.8 Å². The Morgan fingerprint density at radius 1 is 1.21 bits per heavy atom. The second kappa shape index (κ2) is 7.55. The normalized spacial score (nSPS) is 10.6. The lowest BCUT2D eigenvalue weighted by Gasteiger charge is -2.16. The van der Waals surface area contributed by atoms with Gasteiger partial charge in [0.15, 0.2) is 0 Å². The van der Waals surface area contributed by atoms with Gasteiger partial charge < -0.3 is 4.90 Å². The average Bonchev–Trinajstić information content (AvgIpc) is 3.06. The highest BCUT2D eigenvalue weighted by atomic mass is 35.5. The van der Waals surface area contributed by atoms with Crippen molar-refractivity contribution < 1.29 is 4.79 Å². The van der Waals surface area contributed by atoms with Crippen LogP contribution in [-0.4, -0.2) is 27.8 Å². The molecule has 4 nitrogen and oxygen atoms in total. The molecule has 0 unspecified atom stereocenters. The van der Waals surface area contributed by atoms with Gasteiger partial charge in [-0.15, -0.1) is 11.3 Å². The van der Waals surface area contributed by atoms with E-state index in [2.05, 4.69) is 9.97 Å². The fourth-order valence-electron chi connectivity index (χ4n) is 2.24. The van der Waals surface area contributed by atoms with E-state index in [1.807, 2.05) is 47.8 Å². The predicted molar refractivity (Wildman–Crippen MR) is 97.0 cm³/mol. The highest BCUT2D eigenvalue weighted by Gasteiger charge is 2.13. The molecular formula is C18H16ClN3OS. The molecule has 3 aromatic rings. The van der Waals surface area contributed by atoms with Crippen molar-refractivity contribution in [3.05, 3.63) is 70.3 Å². The Bertz CT molecular complexity index is 818. The van der Waals surface area contributed by atoms with Crippen LogP contribution in [0.25, 0.3) is 10.7 Å². The maximum Gasteiger partial charge on any atom is 0.228 e. The number of amides is 1. The van der Waals surface area contributed by atoms with Gasteiger partial charge in [-0.2, -0.15) is 0 Å². The third-order valence-corrected chi connectivity index (χ3v) is 4.69. The first-order valence-electron chi connectivity index (χ1n) is 7.46. The molecule has 122 valence electrons. The first-order chi connectivity index (χ1) is 11.6. The van der Waals surface area contributed by atoms with Gasteiger partial charge in [0.25, 0.3) is 0 Å². The molecule has 2 aromatic heterocycles. The molecule has 0 aliphatic rings. The second-order valence-corrected chi connectivity index (χ2v) is 6.71. The van der Waals surface area contributed by atoms with Crippen LogP contribution in [0.3, 0.4) is 0 Å². The summed E-state index contributed by atoms with van der Waals surface area (Å²) in [5.74, 6) is 0.0304. The minimum Gasteiger partial charge on any atom is -0.341 e. The van der Waals surface area contributed by atoms with E-state index >= 15 is 0 Å². The van der Waals surface area contributed by atoms with Gasteiger partial charge in [-0.3, -0.25) is 9.78 Å². The van der Waals surface area contributed by atoms with E-state index in [1.165, 1.54) is 11.3 Å². The molecule has 3 rings (SSSR count). The van der Waals surface area contributed by atoms with Gasteiger partial charge in [0.1, 0.15) is 5.01 Å². The Morgan fingerprint density at radius 3 is 2.71 bits per heavy atom. The van der Waals surface area contributed by atoms with Crippen molar-refractivity contribution in [3.63, 3.8) is 0 Å². The summed E-state index contributed by atoms with van der Waals surface area (Å²) in [5.41, 5.74) is 2.65. The molecule has 0 saturated heterocycles. The van der Waals surface area contributed by atoms with E-state index in [0.29, 0.717) is 11.6 Å². The molecule has 0 atom stereocenters. The summed E-state index contributed by atoms with van der Waals surface area (Å²) in [6.07, 6.45) is 2.02. The lowest BCUT2D eigenvalue weighted by Crippen LogP contribution is -2.27. The number of halogens is 1. The zero-order chi connectivity index (χ0) is 16.9. The molecule has 2 heterocycles. The van der Waals surface area contributed by atoms with Crippen molar-refractivity contribution in [1.29, 1.82) is 0 Å². The van der Waals surface area contributed by atoms with Gasteiger partial charge >= 0.3 is 0 Å². The maximum atomic E-state index is 12.4. The largest absolute Gasteiger partial charge is 0.341 e. The number of pyridine rings is 1. The zero-order valence-corrected chi connectivity index (χ0v) is 14.7. The topological polar surface area (TPSA) is 46.1 Å². The number of likely N-dealkylation sites (N-methyl/N-ethyl adjacent to an activating group) is 1. The number of rotatable bonds is 5. The monoisotopic (exact) mass is 357 g/mol. The summed E-state index contributed by atoms with van der Waals surface area (Å²) >= 11 is 7.38. The molecule has 24 heavy (non-hydrogen) atoms. The Morgan fingerprint density at radius 2 is 2.00 bits per heavy atom. The quantitative estimate of drug-likeness (QED) is 0.691. The van der Waals surface area contributed by atoms with Crippen LogP contribution in [0.5, 0.6) is 0 Å². The van der Waals surface area contributed by atoms with Crippen LogP contribution in [0.1, 0.15) is 11.3 Å². The fraction of sp³-hybridized carbons (Fsp3) is 0.167. The molecule has 0 aliphatic carbocycles. The van der Waals surface area contributed by atoms with Crippen LogP contribution in [-0.2, 0) is 17.8 Å². The van der Waals surface area contributed by atoms with Crippen LogP contribution in [0.4, 0.5) is 0 Å². The summed E-state index contributed by atoms with van der Waals surface area (Å²) < 4.78 is 0. The lowest BCUT2D eigenvalue weighted by atomic mass is 10.2. The van der Waals surface area contributed by atoms with E-state index in [1.54, 1.807) is 18.1 Å². The van der Waals surface area contributed by atoms with Crippen molar-refractivity contribution in [2.45, 2.75) is 13.0 Å². The third kappa shape index (κ3) is 4.19. The summed E-state index contributed by atoms with van der Waals surface area (Å²) in [4.78, 5) is 22.9. The molecule has 6 heteroatoms. The van der Waals surface area contributed by atoms with Crippen molar-refractivity contribution in [2.24, 2.45) is 0 Å². The van der Waals surface area contributed by atoms with E-state index in [-0.39, 0.29) is 12.3 Å². The summed E-state index contributed by atoms with van der Waals surface area (Å²) in [6.45, 7) is 0.549. The van der Waals surface area contributed by atoms with Crippen molar-refractivity contribution >= 4 is 28.8 Å². The van der Waals surface area contributed by atoms with Gasteiger partial charge in [0.05, 0.1) is 17.8 Å². The Hall–Kier alpha value is -2.24. The maximum absolute atomic E-state index is 12.4. The molecule has 0 bridgehead atoms. The number of carbonyl (C=O) groups is 1. The predicted octanol–water partition coefficient (Wildman–Crippen LogP) is 4.06. The Labute approximate surface area is 149 Å². The van der Waals surface area contributed by atoms with Crippen molar-refractivity contribution in [1.82, 2.24) is 14.9 Å². The molecule has 0 fully saturated rings.